The molecule has 4 aromatic rings. The van der Waals surface area contributed by atoms with Crippen LogP contribution < -0.4 is 15.0 Å². The van der Waals surface area contributed by atoms with E-state index < -0.39 is 0 Å². The molecule has 1 N–H and O–H groups in total. The lowest BCUT2D eigenvalue weighted by Gasteiger charge is -2.15. The van der Waals surface area contributed by atoms with Crippen LogP contribution >= 0.6 is 11.3 Å². The van der Waals surface area contributed by atoms with E-state index in [-0.39, 0.29) is 5.56 Å². The van der Waals surface area contributed by atoms with E-state index in [9.17, 15) is 4.79 Å². The summed E-state index contributed by atoms with van der Waals surface area (Å²) in [5.74, 6) is 2.69. The van der Waals surface area contributed by atoms with Gasteiger partial charge in [0, 0.05) is 10.4 Å². The smallest absolute Gasteiger partial charge is 0.260 e. The highest BCUT2D eigenvalue weighted by Crippen LogP contribution is 2.34. The third kappa shape index (κ3) is 4.60. The second-order valence-electron chi connectivity index (χ2n) is 9.22. The number of fused-ring (bicyclic) bond motifs is 3. The molecule has 176 valence electrons. The fourth-order valence-corrected chi connectivity index (χ4v) is 5.83. The summed E-state index contributed by atoms with van der Waals surface area (Å²) in [6.45, 7) is 7.33. The Morgan fingerprint density at radius 3 is 2.59 bits per heavy atom. The summed E-state index contributed by atoms with van der Waals surface area (Å²) >= 11 is 1.67. The van der Waals surface area contributed by atoms with Gasteiger partial charge in [0.05, 0.1) is 5.39 Å². The standard InChI is InChI=1S/C28H30N2O3S/c1-17(2)21-13-8-18(3)16-23(21)33-15-14-32-20-11-9-19(10-12-20)26-29-27(31)25-22-6-4-5-7-24(22)34-28(25)30-26/h8-13,16-17H,4-7,14-15H2,1-3H3,(H,29,30,31). The minimum Gasteiger partial charge on any atom is -0.490 e. The lowest BCUT2D eigenvalue weighted by molar-refractivity contribution is 0.215. The quantitative estimate of drug-likeness (QED) is 0.314. The third-order valence-corrected chi connectivity index (χ3v) is 7.54. The Bertz CT molecular complexity index is 1370. The van der Waals surface area contributed by atoms with Crippen molar-refractivity contribution in [2.75, 3.05) is 13.2 Å². The molecule has 0 saturated heterocycles. The second kappa shape index (κ2) is 9.63. The molecule has 0 atom stereocenters. The molecule has 34 heavy (non-hydrogen) atoms. The first-order chi connectivity index (χ1) is 16.5. The van der Waals surface area contributed by atoms with Crippen molar-refractivity contribution in [1.29, 1.82) is 0 Å². The molecular formula is C28H30N2O3S. The maximum atomic E-state index is 12.8. The molecule has 2 heterocycles. The Kier molecular flexibility index (Phi) is 6.42. The van der Waals surface area contributed by atoms with Gasteiger partial charge in [-0.2, -0.15) is 0 Å². The summed E-state index contributed by atoms with van der Waals surface area (Å²) in [7, 11) is 0. The van der Waals surface area contributed by atoms with E-state index in [2.05, 4.69) is 44.0 Å². The average Bonchev–Trinajstić information content (AvgIpc) is 3.21. The zero-order valence-electron chi connectivity index (χ0n) is 19.9. The van der Waals surface area contributed by atoms with Crippen molar-refractivity contribution in [3.05, 3.63) is 74.4 Å². The first kappa shape index (κ1) is 22.7. The van der Waals surface area contributed by atoms with Gasteiger partial charge in [0.25, 0.3) is 5.56 Å². The highest BCUT2D eigenvalue weighted by molar-refractivity contribution is 7.18. The number of aromatic amines is 1. The van der Waals surface area contributed by atoms with Crippen molar-refractivity contribution >= 4 is 21.6 Å². The molecule has 0 fully saturated rings. The highest BCUT2D eigenvalue weighted by Gasteiger charge is 2.20. The Balaban J connectivity index is 1.24. The molecule has 6 heteroatoms. The molecular weight excluding hydrogens is 444 g/mol. The molecule has 1 aliphatic carbocycles. The minimum atomic E-state index is -0.0335. The SMILES string of the molecule is Cc1ccc(C(C)C)c(OCCOc2ccc(-c3nc4sc5c(c4c(=O)[nH]3)CCCC5)cc2)c1. The lowest BCUT2D eigenvalue weighted by Crippen LogP contribution is -2.11. The number of nitrogens with one attached hydrogen (secondary N) is 1. The highest BCUT2D eigenvalue weighted by atomic mass is 32.1. The van der Waals surface area contributed by atoms with Gasteiger partial charge in [0.2, 0.25) is 0 Å². The van der Waals surface area contributed by atoms with Gasteiger partial charge in [-0.15, -0.1) is 11.3 Å². The van der Waals surface area contributed by atoms with Crippen LogP contribution in [0.5, 0.6) is 11.5 Å². The maximum Gasteiger partial charge on any atom is 0.260 e. The van der Waals surface area contributed by atoms with Crippen molar-refractivity contribution in [2.24, 2.45) is 0 Å². The van der Waals surface area contributed by atoms with Crippen molar-refractivity contribution in [1.82, 2.24) is 9.97 Å². The minimum absolute atomic E-state index is 0.0335. The molecule has 0 aliphatic heterocycles. The molecule has 0 radical (unpaired) electrons. The lowest BCUT2D eigenvalue weighted by atomic mass is 9.97. The van der Waals surface area contributed by atoms with E-state index >= 15 is 0 Å². The van der Waals surface area contributed by atoms with E-state index in [1.807, 2.05) is 24.3 Å². The first-order valence-corrected chi connectivity index (χ1v) is 12.8. The van der Waals surface area contributed by atoms with Gasteiger partial charge in [-0.05, 0) is 85.5 Å². The number of hydrogen-bond donors (Lipinski definition) is 1. The molecule has 1 aliphatic rings. The van der Waals surface area contributed by atoms with Crippen LogP contribution in [0.2, 0.25) is 0 Å². The van der Waals surface area contributed by atoms with Gasteiger partial charge in [-0.1, -0.05) is 26.0 Å². The summed E-state index contributed by atoms with van der Waals surface area (Å²) in [5, 5.41) is 0.789. The first-order valence-electron chi connectivity index (χ1n) is 12.0. The molecule has 0 unspecified atom stereocenters. The monoisotopic (exact) mass is 474 g/mol. The molecule has 2 aromatic heterocycles. The van der Waals surface area contributed by atoms with Crippen molar-refractivity contribution in [3.63, 3.8) is 0 Å². The van der Waals surface area contributed by atoms with Crippen LogP contribution in [0.15, 0.2) is 47.3 Å². The van der Waals surface area contributed by atoms with Crippen LogP contribution in [-0.4, -0.2) is 23.2 Å². The van der Waals surface area contributed by atoms with E-state index in [4.69, 9.17) is 14.5 Å². The number of aryl methyl sites for hydroxylation is 3. The maximum absolute atomic E-state index is 12.8. The molecule has 2 aromatic carbocycles. The molecule has 0 amide bonds. The second-order valence-corrected chi connectivity index (χ2v) is 10.3. The van der Waals surface area contributed by atoms with Crippen molar-refractivity contribution in [2.45, 2.75) is 52.4 Å². The topological polar surface area (TPSA) is 64.2 Å². The van der Waals surface area contributed by atoms with Crippen molar-refractivity contribution in [3.8, 4) is 22.9 Å². The molecule has 5 nitrogen and oxygen atoms in total. The zero-order valence-corrected chi connectivity index (χ0v) is 20.8. The number of hydrogen-bond acceptors (Lipinski definition) is 5. The number of benzene rings is 2. The molecule has 5 rings (SSSR count). The number of H-pyrrole nitrogens is 1. The fraction of sp³-hybridized carbons (Fsp3) is 0.357. The molecule has 0 spiro atoms. The summed E-state index contributed by atoms with van der Waals surface area (Å²) in [5.41, 5.74) is 4.44. The summed E-state index contributed by atoms with van der Waals surface area (Å²) in [6, 6.07) is 14.0. The van der Waals surface area contributed by atoms with E-state index in [0.29, 0.717) is 25.0 Å². The zero-order chi connectivity index (χ0) is 23.7. The number of rotatable bonds is 7. The van der Waals surface area contributed by atoms with Gasteiger partial charge in [-0.3, -0.25) is 4.79 Å². The van der Waals surface area contributed by atoms with Crippen LogP contribution in [0.4, 0.5) is 0 Å². The molecule has 0 bridgehead atoms. The van der Waals surface area contributed by atoms with E-state index in [0.717, 1.165) is 46.5 Å². The number of nitrogens with zero attached hydrogens (tertiary/aromatic N) is 1. The van der Waals surface area contributed by atoms with Gasteiger partial charge in [0.1, 0.15) is 35.4 Å². The Hall–Kier alpha value is -3.12. The average molecular weight is 475 g/mol. The predicted octanol–water partition coefficient (Wildman–Crippen LogP) is 6.42. The van der Waals surface area contributed by atoms with Gasteiger partial charge < -0.3 is 14.5 Å². The van der Waals surface area contributed by atoms with Crippen LogP contribution in [0.25, 0.3) is 21.6 Å². The fourth-order valence-electron chi connectivity index (χ4n) is 4.56. The van der Waals surface area contributed by atoms with Crippen LogP contribution in [0.3, 0.4) is 0 Å². The van der Waals surface area contributed by atoms with Crippen LogP contribution in [-0.2, 0) is 12.8 Å². The summed E-state index contributed by atoms with van der Waals surface area (Å²) in [4.78, 5) is 22.8. The van der Waals surface area contributed by atoms with Crippen molar-refractivity contribution < 1.29 is 9.47 Å². The van der Waals surface area contributed by atoms with E-state index in [1.54, 1.807) is 11.3 Å². The Labute approximate surface area is 203 Å². The largest absolute Gasteiger partial charge is 0.490 e. The van der Waals surface area contributed by atoms with E-state index in [1.165, 1.54) is 28.0 Å². The Morgan fingerprint density at radius 2 is 1.79 bits per heavy atom. The summed E-state index contributed by atoms with van der Waals surface area (Å²) in [6.07, 6.45) is 4.39. The predicted molar refractivity (Wildman–Crippen MR) is 139 cm³/mol. The van der Waals surface area contributed by atoms with Gasteiger partial charge >= 0.3 is 0 Å². The normalized spacial score (nSPS) is 13.3. The summed E-state index contributed by atoms with van der Waals surface area (Å²) < 4.78 is 11.9. The van der Waals surface area contributed by atoms with Crippen LogP contribution in [0.1, 0.15) is 54.2 Å². The molecule has 0 saturated carbocycles. The number of thiophene rings is 1. The van der Waals surface area contributed by atoms with Crippen LogP contribution in [0, 0.1) is 6.92 Å². The Morgan fingerprint density at radius 1 is 1.03 bits per heavy atom. The number of aromatic nitrogens is 2. The van der Waals surface area contributed by atoms with Gasteiger partial charge in [0.15, 0.2) is 0 Å². The third-order valence-electron chi connectivity index (χ3n) is 6.35. The number of ether oxygens (including phenoxy) is 2. The van der Waals surface area contributed by atoms with Gasteiger partial charge in [-0.25, -0.2) is 4.98 Å².